The van der Waals surface area contributed by atoms with Gasteiger partial charge in [0, 0.05) is 48.6 Å². The predicted octanol–water partition coefficient (Wildman–Crippen LogP) is 4.61. The molecule has 4 atom stereocenters. The molecule has 3 aliphatic rings. The van der Waals surface area contributed by atoms with E-state index in [1.165, 1.54) is 46.3 Å². The summed E-state index contributed by atoms with van der Waals surface area (Å²) in [5, 5.41) is 11.7. The topological polar surface area (TPSA) is 160 Å². The van der Waals surface area contributed by atoms with Crippen LogP contribution >= 0.6 is 11.6 Å². The van der Waals surface area contributed by atoms with Crippen LogP contribution in [0, 0.1) is 11.7 Å². The monoisotopic (exact) mass is 818 g/mol. The second kappa shape index (κ2) is 14.0. The zero-order valence-corrected chi connectivity index (χ0v) is 32.7. The molecule has 0 spiro atoms. The van der Waals surface area contributed by atoms with Crippen molar-refractivity contribution in [1.29, 1.82) is 0 Å². The summed E-state index contributed by atoms with van der Waals surface area (Å²) >= 11 is 6.37. The highest BCUT2D eigenvalue weighted by Gasteiger charge is 2.69. The highest BCUT2D eigenvalue weighted by molar-refractivity contribution is 6.32. The molecule has 300 valence electrons. The van der Waals surface area contributed by atoms with Gasteiger partial charge in [0.1, 0.15) is 5.69 Å². The number of amides is 2. The summed E-state index contributed by atoms with van der Waals surface area (Å²) in [6, 6.07) is 21.3. The van der Waals surface area contributed by atoms with Gasteiger partial charge in [0.15, 0.2) is 23.1 Å². The molecule has 1 aliphatic carbocycles. The maximum Gasteiger partial charge on any atom is 0.347 e. The summed E-state index contributed by atoms with van der Waals surface area (Å²) < 4.78 is 31.2. The lowest BCUT2D eigenvalue weighted by atomic mass is 9.53. The average molecular weight is 819 g/mol. The number of hydrogen-bond acceptors (Lipinski definition) is 9. The van der Waals surface area contributed by atoms with Crippen molar-refractivity contribution in [3.05, 3.63) is 156 Å². The number of hydrogen-bond donors (Lipinski definition) is 1. The number of aryl methyl sites for hydroxylation is 2. The number of methoxy groups -OCH3 is 2. The standard InChI is InChI=1S/C43H36ClFN6O8/c1-47-33-22-35(59-3)34(58-2)21-31(33)46-30(39(47)54)16-17-48-41(56)49-18-15-26-32(51(49)42(48)57)20-28-38(53)50(25-12-7-11-24(44)19-25)40(55)43(28,23-9-5-4-6-10-23)36(26)27-13-8-14-29(45)37(27)52/h4-15,19,21-22,28,32,36,52H,16-18,20H2,1-3H3. The number of rotatable bonds is 8. The van der Waals surface area contributed by atoms with Gasteiger partial charge in [-0.15, -0.1) is 0 Å². The summed E-state index contributed by atoms with van der Waals surface area (Å²) in [6.45, 7) is -0.327. The van der Waals surface area contributed by atoms with Crippen LogP contribution in [0.5, 0.6) is 17.2 Å². The van der Waals surface area contributed by atoms with Crippen LogP contribution in [0.2, 0.25) is 5.02 Å². The molecule has 16 heteroatoms. The Morgan fingerprint density at radius 3 is 2.37 bits per heavy atom. The molecular formula is C43H36ClFN6O8. The fourth-order valence-corrected chi connectivity index (χ4v) is 9.63. The summed E-state index contributed by atoms with van der Waals surface area (Å²) in [4.78, 5) is 78.0. The zero-order valence-electron chi connectivity index (χ0n) is 32.0. The van der Waals surface area contributed by atoms with Gasteiger partial charge in [0.05, 0.1) is 54.9 Å². The van der Waals surface area contributed by atoms with E-state index in [-0.39, 0.29) is 47.9 Å². The van der Waals surface area contributed by atoms with E-state index in [2.05, 4.69) is 4.98 Å². The Morgan fingerprint density at radius 2 is 1.64 bits per heavy atom. The number of anilines is 1. The highest BCUT2D eigenvalue weighted by atomic mass is 35.5. The molecule has 1 saturated carbocycles. The lowest BCUT2D eigenvalue weighted by Gasteiger charge is -2.49. The summed E-state index contributed by atoms with van der Waals surface area (Å²) in [7, 11) is 4.55. The molecule has 0 radical (unpaired) electrons. The smallest absolute Gasteiger partial charge is 0.347 e. The van der Waals surface area contributed by atoms with E-state index in [0.717, 1.165) is 15.5 Å². The van der Waals surface area contributed by atoms with Crippen LogP contribution in [0.15, 0.2) is 111 Å². The van der Waals surface area contributed by atoms with E-state index in [4.69, 9.17) is 21.1 Å². The van der Waals surface area contributed by atoms with Crippen molar-refractivity contribution in [3.63, 3.8) is 0 Å². The van der Waals surface area contributed by atoms with Crippen LogP contribution in [0.25, 0.3) is 11.0 Å². The van der Waals surface area contributed by atoms with E-state index in [9.17, 15) is 24.3 Å². The molecule has 4 aromatic carbocycles. The summed E-state index contributed by atoms with van der Waals surface area (Å²) in [5.74, 6) is -4.35. The molecule has 2 amide bonds. The fraction of sp³-hybridized carbons (Fsp3) is 0.256. The third-order valence-corrected chi connectivity index (χ3v) is 12.3. The molecule has 4 unspecified atom stereocenters. The molecule has 59 heavy (non-hydrogen) atoms. The number of para-hydroxylation sites is 1. The predicted molar refractivity (Wildman–Crippen MR) is 215 cm³/mol. The van der Waals surface area contributed by atoms with Crippen LogP contribution < -0.4 is 31.3 Å². The minimum Gasteiger partial charge on any atom is -0.505 e. The second-order valence-corrected chi connectivity index (χ2v) is 15.3. The summed E-state index contributed by atoms with van der Waals surface area (Å²) in [5.41, 5.74) is -1.32. The lowest BCUT2D eigenvalue weighted by molar-refractivity contribution is -0.124. The number of imide groups is 1. The van der Waals surface area contributed by atoms with E-state index >= 15 is 9.18 Å². The average Bonchev–Trinajstić information content (AvgIpc) is 3.62. The molecule has 0 bridgehead atoms. The van der Waals surface area contributed by atoms with Gasteiger partial charge in [-0.1, -0.05) is 66.2 Å². The number of fused-ring (bicyclic) bond motifs is 5. The molecule has 2 aliphatic heterocycles. The van der Waals surface area contributed by atoms with Gasteiger partial charge in [0.25, 0.3) is 5.56 Å². The molecule has 1 saturated heterocycles. The number of benzene rings is 4. The van der Waals surface area contributed by atoms with E-state index in [1.807, 2.05) is 0 Å². The number of halogens is 2. The third-order valence-electron chi connectivity index (χ3n) is 12.1. The van der Waals surface area contributed by atoms with Crippen molar-refractivity contribution >= 4 is 40.1 Å². The molecule has 1 N–H and O–H groups in total. The number of aromatic hydroxyl groups is 1. The number of nitrogens with zero attached hydrogens (tertiary/aromatic N) is 6. The summed E-state index contributed by atoms with van der Waals surface area (Å²) in [6.07, 6.45) is 1.53. The van der Waals surface area contributed by atoms with Crippen molar-refractivity contribution in [2.75, 3.05) is 19.1 Å². The number of allylic oxidation sites excluding steroid dienone is 2. The minimum atomic E-state index is -1.72. The highest BCUT2D eigenvalue weighted by Crippen LogP contribution is 2.63. The Balaban J connectivity index is 1.19. The van der Waals surface area contributed by atoms with Crippen LogP contribution in [-0.2, 0) is 41.6 Å². The SMILES string of the molecule is COc1cc2nc(CCn3c(=O)n4n(c3=O)C3CC5C(=O)N(c6cccc(Cl)c6)C(=O)C5(c5ccccc5)C(c5cccc(F)c5O)C3=CC4)c(=O)n(C)c2cc1OC. The number of phenols is 1. The van der Waals surface area contributed by atoms with Gasteiger partial charge in [-0.25, -0.2) is 37.8 Å². The number of aromatic nitrogens is 5. The molecule has 6 aromatic rings. The molecule has 2 aromatic heterocycles. The largest absolute Gasteiger partial charge is 0.505 e. The van der Waals surface area contributed by atoms with Gasteiger partial charge in [-0.2, -0.15) is 0 Å². The van der Waals surface area contributed by atoms with E-state index < -0.39 is 63.6 Å². The second-order valence-electron chi connectivity index (χ2n) is 14.8. The Labute approximate surface area is 339 Å². The maximum absolute atomic E-state index is 15.4. The van der Waals surface area contributed by atoms with Crippen molar-refractivity contribution in [3.8, 4) is 17.2 Å². The van der Waals surface area contributed by atoms with Crippen molar-refractivity contribution in [2.24, 2.45) is 13.0 Å². The first kappa shape index (κ1) is 37.8. The van der Waals surface area contributed by atoms with Crippen LogP contribution in [-0.4, -0.2) is 54.6 Å². The molecule has 9 rings (SSSR count). The lowest BCUT2D eigenvalue weighted by Crippen LogP contribution is -2.53. The first-order valence-electron chi connectivity index (χ1n) is 18.8. The molecular weight excluding hydrogens is 783 g/mol. The van der Waals surface area contributed by atoms with Crippen LogP contribution in [0.4, 0.5) is 10.1 Å². The molecule has 4 heterocycles. The first-order chi connectivity index (χ1) is 28.4. The van der Waals surface area contributed by atoms with Crippen LogP contribution in [0.3, 0.4) is 0 Å². The number of phenolic OH excluding ortho intramolecular Hbond substituents is 1. The third kappa shape index (κ3) is 5.44. The van der Waals surface area contributed by atoms with Gasteiger partial charge >= 0.3 is 11.4 Å². The molecule has 2 fully saturated rings. The Hall–Kier alpha value is -6.74. The van der Waals surface area contributed by atoms with Crippen molar-refractivity contribution in [2.45, 2.75) is 43.3 Å². The van der Waals surface area contributed by atoms with E-state index in [1.54, 1.807) is 73.8 Å². The molecule has 14 nitrogen and oxygen atoms in total. The Bertz CT molecular complexity index is 2970. The Kier molecular flexibility index (Phi) is 8.96. The zero-order chi connectivity index (χ0) is 41.5. The van der Waals surface area contributed by atoms with Gasteiger partial charge in [0.2, 0.25) is 11.8 Å². The van der Waals surface area contributed by atoms with Crippen molar-refractivity contribution < 1.29 is 28.6 Å². The Morgan fingerprint density at radius 1 is 0.915 bits per heavy atom. The fourth-order valence-electron chi connectivity index (χ4n) is 9.44. The quantitative estimate of drug-likeness (QED) is 0.171. The van der Waals surface area contributed by atoms with Gasteiger partial charge in [-0.3, -0.25) is 14.4 Å². The first-order valence-corrected chi connectivity index (χ1v) is 19.2. The number of carbonyl (C=O) groups excluding carboxylic acids is 2. The van der Waals surface area contributed by atoms with Gasteiger partial charge < -0.3 is 19.1 Å². The van der Waals surface area contributed by atoms with Crippen molar-refractivity contribution in [1.82, 2.24) is 23.5 Å². The maximum atomic E-state index is 15.4. The van der Waals surface area contributed by atoms with E-state index in [0.29, 0.717) is 33.7 Å². The van der Waals surface area contributed by atoms with Gasteiger partial charge in [-0.05, 0) is 41.8 Å². The number of ether oxygens (including phenoxy) is 2. The van der Waals surface area contributed by atoms with Crippen LogP contribution in [0.1, 0.15) is 35.2 Å². The number of carbonyl (C=O) groups is 2. The minimum absolute atomic E-state index is 0.0413. The normalized spacial score (nSPS) is 20.9.